The van der Waals surface area contributed by atoms with E-state index in [1.54, 1.807) is 6.20 Å². The summed E-state index contributed by atoms with van der Waals surface area (Å²) in [5.41, 5.74) is 2.48. The first-order valence-electron chi connectivity index (χ1n) is 7.29. The SMILES string of the molecule is CC(C)(C)C(=O)OCN1CCc2c(C3=CN=NC3)ncnc21. The molecule has 0 aromatic carbocycles. The van der Waals surface area contributed by atoms with Crippen molar-refractivity contribution in [1.82, 2.24) is 9.97 Å². The topological polar surface area (TPSA) is 80.0 Å². The van der Waals surface area contributed by atoms with E-state index in [0.717, 1.165) is 35.6 Å². The smallest absolute Gasteiger partial charge is 0.312 e. The van der Waals surface area contributed by atoms with Gasteiger partial charge in [-0.15, -0.1) is 0 Å². The Morgan fingerprint density at radius 3 is 2.86 bits per heavy atom. The number of ether oxygens (including phenoxy) is 1. The van der Waals surface area contributed by atoms with Crippen molar-refractivity contribution < 1.29 is 9.53 Å². The Morgan fingerprint density at radius 2 is 2.18 bits per heavy atom. The largest absolute Gasteiger partial charge is 0.444 e. The van der Waals surface area contributed by atoms with E-state index >= 15 is 0 Å². The van der Waals surface area contributed by atoms with E-state index in [9.17, 15) is 4.79 Å². The molecule has 22 heavy (non-hydrogen) atoms. The lowest BCUT2D eigenvalue weighted by Gasteiger charge is -2.22. The zero-order chi connectivity index (χ0) is 15.7. The number of anilines is 1. The highest BCUT2D eigenvalue weighted by atomic mass is 16.5. The highest BCUT2D eigenvalue weighted by molar-refractivity contribution is 5.76. The summed E-state index contributed by atoms with van der Waals surface area (Å²) in [7, 11) is 0. The maximum Gasteiger partial charge on any atom is 0.312 e. The molecule has 0 radical (unpaired) electrons. The molecular weight excluding hydrogens is 282 g/mol. The standard InChI is InChI=1S/C15H19N5O2/c1-15(2,3)14(21)22-9-20-5-4-11-12(10-6-18-19-7-10)16-8-17-13(11)20/h6,8H,4-5,7,9H2,1-3H3. The van der Waals surface area contributed by atoms with E-state index in [1.165, 1.54) is 6.33 Å². The van der Waals surface area contributed by atoms with Crippen LogP contribution in [0.5, 0.6) is 0 Å². The average Bonchev–Trinajstić information content (AvgIpc) is 3.13. The quantitative estimate of drug-likeness (QED) is 0.799. The van der Waals surface area contributed by atoms with Gasteiger partial charge in [0.05, 0.1) is 23.9 Å². The van der Waals surface area contributed by atoms with Gasteiger partial charge in [-0.05, 0) is 27.2 Å². The molecule has 116 valence electrons. The number of rotatable bonds is 3. The fourth-order valence-electron chi connectivity index (χ4n) is 2.42. The van der Waals surface area contributed by atoms with Crippen LogP contribution in [0.25, 0.3) is 5.57 Å². The molecule has 0 bridgehead atoms. The second-order valence-electron chi connectivity index (χ2n) is 6.42. The van der Waals surface area contributed by atoms with Crippen molar-refractivity contribution in [2.24, 2.45) is 15.6 Å². The van der Waals surface area contributed by atoms with Crippen LogP contribution in [-0.4, -0.2) is 35.8 Å². The van der Waals surface area contributed by atoms with Crippen LogP contribution in [0.15, 0.2) is 22.8 Å². The van der Waals surface area contributed by atoms with Crippen molar-refractivity contribution in [2.45, 2.75) is 27.2 Å². The number of nitrogens with zero attached hydrogens (tertiary/aromatic N) is 5. The Balaban J connectivity index is 1.75. The molecule has 1 aromatic heterocycles. The maximum absolute atomic E-state index is 11.9. The summed E-state index contributed by atoms with van der Waals surface area (Å²) in [6.07, 6.45) is 4.11. The van der Waals surface area contributed by atoms with E-state index in [1.807, 2.05) is 25.7 Å². The van der Waals surface area contributed by atoms with E-state index in [2.05, 4.69) is 20.2 Å². The van der Waals surface area contributed by atoms with Crippen molar-refractivity contribution in [2.75, 3.05) is 24.7 Å². The Labute approximate surface area is 129 Å². The van der Waals surface area contributed by atoms with Gasteiger partial charge in [0.2, 0.25) is 0 Å². The number of carbonyl (C=O) groups is 1. The van der Waals surface area contributed by atoms with Crippen molar-refractivity contribution in [3.8, 4) is 0 Å². The molecule has 3 heterocycles. The van der Waals surface area contributed by atoms with Gasteiger partial charge in [-0.2, -0.15) is 10.2 Å². The summed E-state index contributed by atoms with van der Waals surface area (Å²) >= 11 is 0. The van der Waals surface area contributed by atoms with Gasteiger partial charge in [-0.25, -0.2) is 9.97 Å². The molecule has 0 spiro atoms. The Morgan fingerprint density at radius 1 is 1.36 bits per heavy atom. The van der Waals surface area contributed by atoms with Gasteiger partial charge in [0.15, 0.2) is 6.73 Å². The van der Waals surface area contributed by atoms with Crippen LogP contribution in [-0.2, 0) is 16.0 Å². The molecule has 0 N–H and O–H groups in total. The minimum atomic E-state index is -0.503. The molecule has 1 aromatic rings. The first-order valence-corrected chi connectivity index (χ1v) is 7.29. The van der Waals surface area contributed by atoms with Crippen LogP contribution in [0.4, 0.5) is 5.82 Å². The molecule has 3 rings (SSSR count). The fraction of sp³-hybridized carbons (Fsp3) is 0.533. The van der Waals surface area contributed by atoms with Crippen molar-refractivity contribution in [3.63, 3.8) is 0 Å². The normalized spacial score (nSPS) is 16.7. The zero-order valence-corrected chi connectivity index (χ0v) is 13.0. The molecular formula is C15H19N5O2. The minimum Gasteiger partial charge on any atom is -0.444 e. The van der Waals surface area contributed by atoms with Crippen LogP contribution >= 0.6 is 0 Å². The molecule has 0 atom stereocenters. The molecule has 2 aliphatic heterocycles. The summed E-state index contributed by atoms with van der Waals surface area (Å²) < 4.78 is 5.39. The van der Waals surface area contributed by atoms with Crippen LogP contribution in [0.2, 0.25) is 0 Å². The fourth-order valence-corrected chi connectivity index (χ4v) is 2.42. The van der Waals surface area contributed by atoms with Crippen LogP contribution in [0.1, 0.15) is 32.0 Å². The van der Waals surface area contributed by atoms with Gasteiger partial charge >= 0.3 is 5.97 Å². The van der Waals surface area contributed by atoms with E-state index in [4.69, 9.17) is 4.74 Å². The molecule has 7 heteroatoms. The van der Waals surface area contributed by atoms with Crippen molar-refractivity contribution >= 4 is 17.4 Å². The van der Waals surface area contributed by atoms with Gasteiger partial charge < -0.3 is 9.64 Å². The predicted molar refractivity (Wildman–Crippen MR) is 81.2 cm³/mol. The van der Waals surface area contributed by atoms with Gasteiger partial charge in [-0.3, -0.25) is 4.79 Å². The summed E-state index contributed by atoms with van der Waals surface area (Å²) in [6.45, 7) is 7.06. The lowest BCUT2D eigenvalue weighted by atomic mass is 9.98. The highest BCUT2D eigenvalue weighted by Crippen LogP contribution is 2.32. The zero-order valence-electron chi connectivity index (χ0n) is 13.0. The monoisotopic (exact) mass is 301 g/mol. The number of aromatic nitrogens is 2. The minimum absolute atomic E-state index is 0.216. The third kappa shape index (κ3) is 2.70. The maximum atomic E-state index is 11.9. The van der Waals surface area contributed by atoms with Crippen molar-refractivity contribution in [1.29, 1.82) is 0 Å². The molecule has 2 aliphatic rings. The summed E-state index contributed by atoms with van der Waals surface area (Å²) in [5, 5.41) is 7.85. The number of azo groups is 1. The summed E-state index contributed by atoms with van der Waals surface area (Å²) in [6, 6.07) is 0. The second-order valence-corrected chi connectivity index (χ2v) is 6.42. The lowest BCUT2D eigenvalue weighted by molar-refractivity contribution is -0.152. The highest BCUT2D eigenvalue weighted by Gasteiger charge is 2.28. The lowest BCUT2D eigenvalue weighted by Crippen LogP contribution is -2.31. The van der Waals surface area contributed by atoms with Crippen molar-refractivity contribution in [3.05, 3.63) is 23.8 Å². The Bertz CT molecular complexity index is 660. The average molecular weight is 301 g/mol. The second kappa shape index (κ2) is 5.47. The Hall–Kier alpha value is -2.31. The molecule has 0 amide bonds. The molecule has 7 nitrogen and oxygen atoms in total. The summed E-state index contributed by atoms with van der Waals surface area (Å²) in [5.74, 6) is 0.617. The van der Waals surface area contributed by atoms with Crippen LogP contribution < -0.4 is 4.90 Å². The molecule has 0 aliphatic carbocycles. The number of esters is 1. The molecule has 0 saturated heterocycles. The van der Waals surface area contributed by atoms with Gasteiger partial charge in [0, 0.05) is 17.7 Å². The number of hydrogen-bond acceptors (Lipinski definition) is 7. The molecule has 0 saturated carbocycles. The molecule has 0 fully saturated rings. The Kier molecular flexibility index (Phi) is 3.64. The van der Waals surface area contributed by atoms with E-state index in [0.29, 0.717) is 6.54 Å². The first-order chi connectivity index (χ1) is 10.5. The van der Waals surface area contributed by atoms with Crippen LogP contribution in [0, 0.1) is 5.41 Å². The summed E-state index contributed by atoms with van der Waals surface area (Å²) in [4.78, 5) is 22.6. The van der Waals surface area contributed by atoms with Gasteiger partial charge in [0.1, 0.15) is 12.1 Å². The third-order valence-electron chi connectivity index (χ3n) is 3.66. The molecule has 0 unspecified atom stereocenters. The third-order valence-corrected chi connectivity index (χ3v) is 3.66. The number of carbonyl (C=O) groups excluding carboxylic acids is 1. The van der Waals surface area contributed by atoms with Crippen LogP contribution in [0.3, 0.4) is 0 Å². The van der Waals surface area contributed by atoms with E-state index in [-0.39, 0.29) is 12.7 Å². The van der Waals surface area contributed by atoms with Gasteiger partial charge in [-0.1, -0.05) is 0 Å². The van der Waals surface area contributed by atoms with E-state index < -0.39 is 5.41 Å². The van der Waals surface area contributed by atoms with Gasteiger partial charge in [0.25, 0.3) is 0 Å². The number of fused-ring (bicyclic) bond motifs is 1. The first kappa shape index (κ1) is 14.6. The number of hydrogen-bond donors (Lipinski definition) is 0. The predicted octanol–water partition coefficient (Wildman–Crippen LogP) is 2.19.